The van der Waals surface area contributed by atoms with Gasteiger partial charge in [0.25, 0.3) is 5.56 Å². The van der Waals surface area contributed by atoms with Gasteiger partial charge in [-0.15, -0.1) is 0 Å². The van der Waals surface area contributed by atoms with Crippen LogP contribution in [0, 0.1) is 0 Å². The number of hydrogen-bond acceptors (Lipinski definition) is 4. The van der Waals surface area contributed by atoms with Crippen molar-refractivity contribution in [2.45, 2.75) is 56.0 Å². The molecule has 1 fully saturated rings. The number of nitrogens with one attached hydrogen (secondary N) is 2. The van der Waals surface area contributed by atoms with Gasteiger partial charge in [0.15, 0.2) is 5.16 Å². The Bertz CT molecular complexity index is 511. The molecule has 1 amide bonds. The summed E-state index contributed by atoms with van der Waals surface area (Å²) >= 11 is 1.30. The smallest absolute Gasteiger partial charge is 0.251 e. The van der Waals surface area contributed by atoms with Gasteiger partial charge in [-0.2, -0.15) is 0 Å². The van der Waals surface area contributed by atoms with Crippen LogP contribution in [0.5, 0.6) is 0 Å². The number of amides is 1. The fourth-order valence-corrected chi connectivity index (χ4v) is 2.53. The summed E-state index contributed by atoms with van der Waals surface area (Å²) in [6.45, 7) is 3.87. The maximum atomic E-state index is 11.8. The molecule has 1 unspecified atom stereocenters. The first-order chi connectivity index (χ1) is 9.08. The van der Waals surface area contributed by atoms with Gasteiger partial charge in [0, 0.05) is 17.8 Å². The zero-order valence-electron chi connectivity index (χ0n) is 11.2. The second-order valence-electron chi connectivity index (χ2n) is 4.83. The Kier molecular flexibility index (Phi) is 4.63. The van der Waals surface area contributed by atoms with Crippen molar-refractivity contribution in [3.05, 3.63) is 22.1 Å². The lowest BCUT2D eigenvalue weighted by molar-refractivity contribution is -0.120. The highest BCUT2D eigenvalue weighted by Gasteiger charge is 2.26. The van der Waals surface area contributed by atoms with E-state index >= 15 is 0 Å². The van der Waals surface area contributed by atoms with E-state index in [2.05, 4.69) is 15.3 Å². The maximum absolute atomic E-state index is 11.8. The lowest BCUT2D eigenvalue weighted by Gasteiger charge is -2.11. The van der Waals surface area contributed by atoms with Gasteiger partial charge in [-0.1, -0.05) is 25.1 Å². The predicted molar refractivity (Wildman–Crippen MR) is 75.3 cm³/mol. The first-order valence-corrected chi connectivity index (χ1v) is 7.53. The van der Waals surface area contributed by atoms with Crippen molar-refractivity contribution in [3.63, 3.8) is 0 Å². The summed E-state index contributed by atoms with van der Waals surface area (Å²) in [5.74, 6) is 0.0102. The average molecular weight is 281 g/mol. The van der Waals surface area contributed by atoms with Crippen LogP contribution in [0.15, 0.2) is 16.0 Å². The van der Waals surface area contributed by atoms with E-state index in [4.69, 9.17) is 0 Å². The molecule has 1 atom stereocenters. The summed E-state index contributed by atoms with van der Waals surface area (Å²) in [6, 6.07) is 1.87. The van der Waals surface area contributed by atoms with Crippen LogP contribution in [0.3, 0.4) is 0 Å². The molecule has 0 spiro atoms. The molecule has 2 N–H and O–H groups in total. The highest BCUT2D eigenvalue weighted by atomic mass is 32.2. The quantitative estimate of drug-likeness (QED) is 0.612. The van der Waals surface area contributed by atoms with E-state index < -0.39 is 0 Å². The van der Waals surface area contributed by atoms with Gasteiger partial charge in [-0.25, -0.2) is 4.98 Å². The Hall–Kier alpha value is -1.30. The molecule has 1 saturated carbocycles. The monoisotopic (exact) mass is 281 g/mol. The zero-order chi connectivity index (χ0) is 13.8. The largest absolute Gasteiger partial charge is 0.352 e. The van der Waals surface area contributed by atoms with Gasteiger partial charge in [0.2, 0.25) is 5.91 Å². The van der Waals surface area contributed by atoms with Crippen LogP contribution < -0.4 is 10.9 Å². The van der Waals surface area contributed by atoms with Crippen molar-refractivity contribution in [1.82, 2.24) is 15.3 Å². The normalized spacial score (nSPS) is 16.1. The highest BCUT2D eigenvalue weighted by molar-refractivity contribution is 8.00. The molecular formula is C13H19N3O2S. The minimum Gasteiger partial charge on any atom is -0.352 e. The second-order valence-corrected chi connectivity index (χ2v) is 6.16. The number of rotatable bonds is 6. The molecule has 19 heavy (non-hydrogen) atoms. The molecule has 1 aromatic rings. The molecule has 0 radical (unpaired) electrons. The van der Waals surface area contributed by atoms with Crippen molar-refractivity contribution in [2.75, 3.05) is 0 Å². The Morgan fingerprint density at radius 2 is 2.37 bits per heavy atom. The molecule has 6 heteroatoms. The van der Waals surface area contributed by atoms with Crippen LogP contribution >= 0.6 is 11.8 Å². The Balaban J connectivity index is 2.00. The van der Waals surface area contributed by atoms with Crippen LogP contribution in [0.4, 0.5) is 0 Å². The summed E-state index contributed by atoms with van der Waals surface area (Å²) < 4.78 is 0. The van der Waals surface area contributed by atoms with Crippen LogP contribution in [-0.4, -0.2) is 27.2 Å². The summed E-state index contributed by atoms with van der Waals surface area (Å²) in [6.07, 6.45) is 3.87. The van der Waals surface area contributed by atoms with E-state index in [1.807, 2.05) is 13.8 Å². The number of aromatic amines is 1. The van der Waals surface area contributed by atoms with E-state index in [1.54, 1.807) is 0 Å². The highest BCUT2D eigenvalue weighted by Crippen LogP contribution is 2.22. The first-order valence-electron chi connectivity index (χ1n) is 6.65. The van der Waals surface area contributed by atoms with Crippen molar-refractivity contribution in [1.29, 1.82) is 0 Å². The molecule has 0 saturated heterocycles. The summed E-state index contributed by atoms with van der Waals surface area (Å²) in [7, 11) is 0. The standard InChI is InChI=1S/C13H19N3O2S/c1-3-4-10-7-11(17)16-13(15-10)19-8(2)12(18)14-9-5-6-9/h7-9H,3-6H2,1-2H3,(H,14,18)(H,15,16,17). The number of aromatic nitrogens is 2. The number of carbonyl (C=O) groups is 1. The van der Waals surface area contributed by atoms with Gasteiger partial charge in [-0.05, 0) is 26.2 Å². The number of carbonyl (C=O) groups excluding carboxylic acids is 1. The van der Waals surface area contributed by atoms with Crippen LogP contribution in [0.25, 0.3) is 0 Å². The number of nitrogens with zero attached hydrogens (tertiary/aromatic N) is 1. The number of H-pyrrole nitrogens is 1. The summed E-state index contributed by atoms with van der Waals surface area (Å²) in [4.78, 5) is 30.4. The maximum Gasteiger partial charge on any atom is 0.251 e. The summed E-state index contributed by atoms with van der Waals surface area (Å²) in [5.41, 5.74) is 0.624. The summed E-state index contributed by atoms with van der Waals surface area (Å²) in [5, 5.41) is 3.22. The van der Waals surface area contributed by atoms with Crippen LogP contribution in [-0.2, 0) is 11.2 Å². The molecule has 0 bridgehead atoms. The first kappa shape index (κ1) is 14.1. The van der Waals surface area contributed by atoms with Crippen molar-refractivity contribution in [3.8, 4) is 0 Å². The van der Waals surface area contributed by atoms with E-state index in [-0.39, 0.29) is 16.7 Å². The fourth-order valence-electron chi connectivity index (χ4n) is 1.69. The van der Waals surface area contributed by atoms with Gasteiger partial charge in [0.1, 0.15) is 0 Å². The molecule has 1 aliphatic carbocycles. The van der Waals surface area contributed by atoms with Crippen LogP contribution in [0.2, 0.25) is 0 Å². The molecule has 2 rings (SSSR count). The second kappa shape index (κ2) is 6.23. The predicted octanol–water partition coefficient (Wildman–Crippen LogP) is 1.48. The molecule has 1 heterocycles. The molecule has 5 nitrogen and oxygen atoms in total. The molecule has 1 aromatic heterocycles. The molecule has 104 valence electrons. The topological polar surface area (TPSA) is 74.8 Å². The lowest BCUT2D eigenvalue weighted by atomic mass is 10.2. The molecule has 1 aliphatic rings. The zero-order valence-corrected chi connectivity index (χ0v) is 12.0. The Morgan fingerprint density at radius 1 is 1.63 bits per heavy atom. The SMILES string of the molecule is CCCc1cc(=O)[nH]c(SC(C)C(=O)NC2CC2)n1. The molecular weight excluding hydrogens is 262 g/mol. The van der Waals surface area contributed by atoms with E-state index in [0.717, 1.165) is 31.4 Å². The number of thioether (sulfide) groups is 1. The van der Waals surface area contributed by atoms with Crippen molar-refractivity contribution in [2.24, 2.45) is 0 Å². The van der Waals surface area contributed by atoms with Gasteiger partial charge < -0.3 is 10.3 Å². The third kappa shape index (κ3) is 4.38. The molecule has 0 aromatic carbocycles. The van der Waals surface area contributed by atoms with E-state index in [1.165, 1.54) is 17.8 Å². The molecule has 0 aliphatic heterocycles. The van der Waals surface area contributed by atoms with Crippen molar-refractivity contribution < 1.29 is 4.79 Å². The van der Waals surface area contributed by atoms with Gasteiger partial charge in [0.05, 0.1) is 5.25 Å². The fraction of sp³-hybridized carbons (Fsp3) is 0.615. The Labute approximate surface area is 116 Å². The number of aryl methyl sites for hydroxylation is 1. The minimum atomic E-state index is -0.249. The minimum absolute atomic E-state index is 0.0102. The average Bonchev–Trinajstić information content (AvgIpc) is 3.12. The van der Waals surface area contributed by atoms with E-state index in [0.29, 0.717) is 11.2 Å². The lowest BCUT2D eigenvalue weighted by Crippen LogP contribution is -2.32. The Morgan fingerprint density at radius 3 is 3.00 bits per heavy atom. The third-order valence-corrected chi connectivity index (χ3v) is 3.84. The van der Waals surface area contributed by atoms with E-state index in [9.17, 15) is 9.59 Å². The van der Waals surface area contributed by atoms with Crippen LogP contribution in [0.1, 0.15) is 38.8 Å². The van der Waals surface area contributed by atoms with Crippen molar-refractivity contribution >= 4 is 17.7 Å². The number of hydrogen-bond donors (Lipinski definition) is 2. The third-order valence-electron chi connectivity index (χ3n) is 2.86. The van der Waals surface area contributed by atoms with Gasteiger partial charge in [-0.3, -0.25) is 9.59 Å². The van der Waals surface area contributed by atoms with Gasteiger partial charge >= 0.3 is 0 Å².